The van der Waals surface area contributed by atoms with Crippen LogP contribution in [0.1, 0.15) is 64.0 Å². The maximum Gasteiger partial charge on any atom is 0.123 e. The summed E-state index contributed by atoms with van der Waals surface area (Å²) >= 11 is 0. The molecule has 1 atom stereocenters. The lowest BCUT2D eigenvalue weighted by Crippen LogP contribution is -2.35. The van der Waals surface area contributed by atoms with Crippen molar-refractivity contribution >= 4 is 0 Å². The molecule has 1 aliphatic carbocycles. The molecular formula is C18H29NO. The average Bonchev–Trinajstić information content (AvgIpc) is 2.49. The van der Waals surface area contributed by atoms with Gasteiger partial charge in [-0.1, -0.05) is 51.3 Å². The Balaban J connectivity index is 2.01. The molecule has 2 nitrogen and oxygen atoms in total. The molecule has 2 rings (SSSR count). The quantitative estimate of drug-likeness (QED) is 0.812. The van der Waals surface area contributed by atoms with Crippen LogP contribution in [-0.4, -0.2) is 13.7 Å². The fourth-order valence-corrected chi connectivity index (χ4v) is 3.38. The number of methoxy groups -OCH3 is 1. The second kappa shape index (κ2) is 7.12. The standard InChI is InChI=1S/C18H29NO/c1-4-16(15-10-6-7-11-17(15)20-3)19-14-18(2)12-8-5-9-13-18/h6-7,10-11,16,19H,4-5,8-9,12-14H2,1-3H3. The summed E-state index contributed by atoms with van der Waals surface area (Å²) in [5, 5.41) is 3.79. The van der Waals surface area contributed by atoms with Crippen LogP contribution in [0.15, 0.2) is 24.3 Å². The van der Waals surface area contributed by atoms with Crippen LogP contribution in [0.25, 0.3) is 0 Å². The lowest BCUT2D eigenvalue weighted by atomic mass is 9.75. The van der Waals surface area contributed by atoms with Crippen LogP contribution >= 0.6 is 0 Å². The van der Waals surface area contributed by atoms with Gasteiger partial charge >= 0.3 is 0 Å². The van der Waals surface area contributed by atoms with Crippen LogP contribution in [-0.2, 0) is 0 Å². The Kier molecular flexibility index (Phi) is 5.47. The zero-order valence-corrected chi connectivity index (χ0v) is 13.2. The van der Waals surface area contributed by atoms with E-state index in [0.717, 1.165) is 18.7 Å². The van der Waals surface area contributed by atoms with E-state index in [1.165, 1.54) is 37.7 Å². The highest BCUT2D eigenvalue weighted by Gasteiger charge is 2.27. The van der Waals surface area contributed by atoms with E-state index in [9.17, 15) is 0 Å². The minimum Gasteiger partial charge on any atom is -0.496 e. The first kappa shape index (κ1) is 15.4. The Morgan fingerprint density at radius 3 is 2.55 bits per heavy atom. The van der Waals surface area contributed by atoms with Gasteiger partial charge in [-0.2, -0.15) is 0 Å². The molecule has 1 fully saturated rings. The first-order valence-corrected chi connectivity index (χ1v) is 8.05. The van der Waals surface area contributed by atoms with Gasteiger partial charge in [-0.05, 0) is 30.7 Å². The van der Waals surface area contributed by atoms with Crippen LogP contribution in [0.4, 0.5) is 0 Å². The molecule has 0 spiro atoms. The van der Waals surface area contributed by atoms with Crippen molar-refractivity contribution in [3.8, 4) is 5.75 Å². The zero-order valence-electron chi connectivity index (χ0n) is 13.2. The van der Waals surface area contributed by atoms with E-state index in [2.05, 4.69) is 37.4 Å². The van der Waals surface area contributed by atoms with Gasteiger partial charge in [-0.3, -0.25) is 0 Å². The van der Waals surface area contributed by atoms with Gasteiger partial charge < -0.3 is 10.1 Å². The highest BCUT2D eigenvalue weighted by molar-refractivity contribution is 5.35. The van der Waals surface area contributed by atoms with Gasteiger partial charge in [0.25, 0.3) is 0 Å². The molecule has 112 valence electrons. The molecule has 1 saturated carbocycles. The van der Waals surface area contributed by atoms with E-state index in [1.54, 1.807) is 7.11 Å². The largest absolute Gasteiger partial charge is 0.496 e. The molecule has 0 amide bonds. The van der Waals surface area contributed by atoms with Crippen molar-refractivity contribution in [1.29, 1.82) is 0 Å². The molecule has 1 N–H and O–H groups in total. The third kappa shape index (κ3) is 3.76. The second-order valence-electron chi connectivity index (χ2n) is 6.46. The van der Waals surface area contributed by atoms with Crippen LogP contribution in [0, 0.1) is 5.41 Å². The maximum atomic E-state index is 5.51. The van der Waals surface area contributed by atoms with Gasteiger partial charge in [0.2, 0.25) is 0 Å². The lowest BCUT2D eigenvalue weighted by molar-refractivity contribution is 0.199. The van der Waals surface area contributed by atoms with Gasteiger partial charge in [0.15, 0.2) is 0 Å². The number of para-hydroxylation sites is 1. The number of nitrogens with one attached hydrogen (secondary N) is 1. The fourth-order valence-electron chi connectivity index (χ4n) is 3.38. The molecule has 1 unspecified atom stereocenters. The molecule has 0 aliphatic heterocycles. The minimum absolute atomic E-state index is 0.393. The first-order chi connectivity index (χ1) is 9.68. The Hall–Kier alpha value is -1.02. The molecule has 2 heteroatoms. The summed E-state index contributed by atoms with van der Waals surface area (Å²) in [7, 11) is 1.76. The van der Waals surface area contributed by atoms with Crippen molar-refractivity contribution in [1.82, 2.24) is 5.32 Å². The summed E-state index contributed by atoms with van der Waals surface area (Å²) in [6.07, 6.45) is 8.02. The molecule has 1 aromatic rings. The summed E-state index contributed by atoms with van der Waals surface area (Å²) in [4.78, 5) is 0. The fraction of sp³-hybridized carbons (Fsp3) is 0.667. The molecule has 0 heterocycles. The third-order valence-corrected chi connectivity index (χ3v) is 4.76. The second-order valence-corrected chi connectivity index (χ2v) is 6.46. The number of benzene rings is 1. The summed E-state index contributed by atoms with van der Waals surface area (Å²) in [5.74, 6) is 1.00. The Labute approximate surface area is 123 Å². The van der Waals surface area contributed by atoms with Crippen LogP contribution in [0.2, 0.25) is 0 Å². The maximum absolute atomic E-state index is 5.51. The predicted molar refractivity (Wildman–Crippen MR) is 85.2 cm³/mol. The van der Waals surface area contributed by atoms with Crippen molar-refractivity contribution < 1.29 is 4.74 Å². The molecule has 20 heavy (non-hydrogen) atoms. The van der Waals surface area contributed by atoms with Crippen LogP contribution in [0.3, 0.4) is 0 Å². The molecule has 1 aromatic carbocycles. The average molecular weight is 275 g/mol. The molecule has 0 radical (unpaired) electrons. The summed E-state index contributed by atoms with van der Waals surface area (Å²) in [6, 6.07) is 8.78. The van der Waals surface area contributed by atoms with Crippen LogP contribution < -0.4 is 10.1 Å². The number of hydrogen-bond acceptors (Lipinski definition) is 2. The van der Waals surface area contributed by atoms with Gasteiger partial charge in [-0.15, -0.1) is 0 Å². The van der Waals surface area contributed by atoms with E-state index in [0.29, 0.717) is 11.5 Å². The number of hydrogen-bond donors (Lipinski definition) is 1. The monoisotopic (exact) mass is 275 g/mol. The molecule has 0 saturated heterocycles. The number of rotatable bonds is 6. The van der Waals surface area contributed by atoms with E-state index < -0.39 is 0 Å². The van der Waals surface area contributed by atoms with E-state index in [-0.39, 0.29) is 0 Å². The summed E-state index contributed by atoms with van der Waals surface area (Å²) < 4.78 is 5.51. The van der Waals surface area contributed by atoms with E-state index >= 15 is 0 Å². The molecule has 0 bridgehead atoms. The minimum atomic E-state index is 0.393. The summed E-state index contributed by atoms with van der Waals surface area (Å²) in [5.41, 5.74) is 1.77. The first-order valence-electron chi connectivity index (χ1n) is 8.05. The van der Waals surface area contributed by atoms with Crippen molar-refractivity contribution in [3.63, 3.8) is 0 Å². The summed E-state index contributed by atoms with van der Waals surface area (Å²) in [6.45, 7) is 5.80. The predicted octanol–water partition coefficient (Wildman–Crippen LogP) is 4.71. The van der Waals surface area contributed by atoms with E-state index in [1.807, 2.05) is 6.07 Å². The van der Waals surface area contributed by atoms with Crippen molar-refractivity contribution in [2.45, 2.75) is 58.4 Å². The van der Waals surface area contributed by atoms with Crippen molar-refractivity contribution in [2.24, 2.45) is 5.41 Å². The van der Waals surface area contributed by atoms with Gasteiger partial charge in [-0.25, -0.2) is 0 Å². The zero-order chi connectivity index (χ0) is 14.4. The highest BCUT2D eigenvalue weighted by atomic mass is 16.5. The number of ether oxygens (including phenoxy) is 1. The van der Waals surface area contributed by atoms with Crippen LogP contribution in [0.5, 0.6) is 5.75 Å². The molecule has 0 aromatic heterocycles. The Morgan fingerprint density at radius 2 is 1.90 bits per heavy atom. The van der Waals surface area contributed by atoms with Gasteiger partial charge in [0.1, 0.15) is 5.75 Å². The van der Waals surface area contributed by atoms with Gasteiger partial charge in [0.05, 0.1) is 7.11 Å². The smallest absolute Gasteiger partial charge is 0.123 e. The van der Waals surface area contributed by atoms with Gasteiger partial charge in [0, 0.05) is 18.2 Å². The Morgan fingerprint density at radius 1 is 1.20 bits per heavy atom. The normalized spacial score (nSPS) is 19.6. The Bertz CT molecular complexity index is 410. The lowest BCUT2D eigenvalue weighted by Gasteiger charge is -2.35. The van der Waals surface area contributed by atoms with Crippen molar-refractivity contribution in [2.75, 3.05) is 13.7 Å². The molecular weight excluding hydrogens is 246 g/mol. The third-order valence-electron chi connectivity index (χ3n) is 4.76. The topological polar surface area (TPSA) is 21.3 Å². The van der Waals surface area contributed by atoms with Crippen molar-refractivity contribution in [3.05, 3.63) is 29.8 Å². The van der Waals surface area contributed by atoms with E-state index in [4.69, 9.17) is 4.74 Å². The highest BCUT2D eigenvalue weighted by Crippen LogP contribution is 2.36. The SMILES string of the molecule is CCC(NCC1(C)CCCCC1)c1ccccc1OC. The molecule has 1 aliphatic rings.